The fourth-order valence-electron chi connectivity index (χ4n) is 0.797. The summed E-state index contributed by atoms with van der Waals surface area (Å²) in [5.41, 5.74) is 0.703. The Kier molecular flexibility index (Phi) is 4.03. The van der Waals surface area contributed by atoms with Crippen LogP contribution < -0.4 is 10.0 Å². The van der Waals surface area contributed by atoms with E-state index in [1.807, 2.05) is 5.38 Å². The number of aromatic nitrogens is 1. The van der Waals surface area contributed by atoms with Gasteiger partial charge >= 0.3 is 0 Å². The van der Waals surface area contributed by atoms with Gasteiger partial charge < -0.3 is 5.32 Å². The van der Waals surface area contributed by atoms with Gasteiger partial charge in [-0.3, -0.25) is 0 Å². The normalized spacial score (nSPS) is 12.0. The Labute approximate surface area is 93.5 Å². The van der Waals surface area contributed by atoms with Crippen molar-refractivity contribution in [2.24, 2.45) is 0 Å². The zero-order valence-electron chi connectivity index (χ0n) is 8.81. The first-order chi connectivity index (χ1) is 6.95. The van der Waals surface area contributed by atoms with Crippen molar-refractivity contribution in [2.45, 2.75) is 6.54 Å². The van der Waals surface area contributed by atoms with Gasteiger partial charge in [-0.15, -0.1) is 11.3 Å². The number of thiazole rings is 1. The molecule has 0 aliphatic rings. The van der Waals surface area contributed by atoms with Crippen LogP contribution in [0.2, 0.25) is 0 Å². The van der Waals surface area contributed by atoms with Crippen LogP contribution in [0.4, 0.5) is 5.13 Å². The highest BCUT2D eigenvalue weighted by Crippen LogP contribution is 2.14. The van der Waals surface area contributed by atoms with Gasteiger partial charge in [0.1, 0.15) is 0 Å². The van der Waals surface area contributed by atoms with Crippen LogP contribution in [0.3, 0.4) is 0 Å². The Balaban J connectivity index is 2.58. The monoisotopic (exact) mass is 250 g/mol. The molecule has 0 bridgehead atoms. The molecule has 0 radical (unpaired) electrons. The second-order valence-corrected chi connectivity index (χ2v) is 5.83. The molecule has 0 saturated carbocycles. The highest BCUT2D eigenvalue weighted by atomic mass is 32.2. The Hall–Kier alpha value is -0.700. The third kappa shape index (κ3) is 3.42. The van der Waals surface area contributed by atoms with Crippen LogP contribution in [-0.2, 0) is 16.8 Å². The maximum absolute atomic E-state index is 11.4. The Morgan fingerprint density at radius 2 is 2.20 bits per heavy atom. The van der Waals surface area contributed by atoms with Crippen LogP contribution in [0.15, 0.2) is 5.38 Å². The van der Waals surface area contributed by atoms with Crippen molar-refractivity contribution in [1.29, 1.82) is 0 Å². The largest absolute Gasteiger partial charge is 0.365 e. The standard InChI is InChI=1S/C7H14N4O2S2/c1-8-7-10-6(5-14-7)4-9-15(12,13)11(2)3/h5,9H,4H2,1-3H3,(H,8,10). The molecule has 0 aromatic carbocycles. The number of nitrogens with one attached hydrogen (secondary N) is 2. The quantitative estimate of drug-likeness (QED) is 0.776. The van der Waals surface area contributed by atoms with E-state index in [0.717, 1.165) is 9.44 Å². The fraction of sp³-hybridized carbons (Fsp3) is 0.571. The van der Waals surface area contributed by atoms with Gasteiger partial charge in [-0.25, -0.2) is 4.98 Å². The second kappa shape index (κ2) is 4.88. The molecule has 1 heterocycles. The molecule has 0 spiro atoms. The average molecular weight is 250 g/mol. The van der Waals surface area contributed by atoms with E-state index in [2.05, 4.69) is 15.0 Å². The first-order valence-corrected chi connectivity index (χ1v) is 6.57. The molecule has 6 nitrogen and oxygen atoms in total. The van der Waals surface area contributed by atoms with Crippen molar-refractivity contribution in [1.82, 2.24) is 14.0 Å². The molecule has 0 atom stereocenters. The first kappa shape index (κ1) is 12.4. The van der Waals surface area contributed by atoms with E-state index in [4.69, 9.17) is 0 Å². The predicted molar refractivity (Wildman–Crippen MR) is 61.1 cm³/mol. The topological polar surface area (TPSA) is 74.3 Å². The molecule has 86 valence electrons. The van der Waals surface area contributed by atoms with E-state index in [0.29, 0.717) is 5.69 Å². The van der Waals surface area contributed by atoms with Crippen LogP contribution >= 0.6 is 11.3 Å². The third-order valence-corrected chi connectivity index (χ3v) is 4.06. The fourth-order valence-corrected chi connectivity index (χ4v) is 2.06. The summed E-state index contributed by atoms with van der Waals surface area (Å²) in [6, 6.07) is 0. The lowest BCUT2D eigenvalue weighted by Crippen LogP contribution is -2.35. The van der Waals surface area contributed by atoms with Crippen molar-refractivity contribution >= 4 is 26.7 Å². The SMILES string of the molecule is CNc1nc(CNS(=O)(=O)N(C)C)cs1. The average Bonchev–Trinajstić information content (AvgIpc) is 2.62. The van der Waals surface area contributed by atoms with E-state index in [1.165, 1.54) is 25.4 Å². The minimum absolute atomic E-state index is 0.207. The van der Waals surface area contributed by atoms with Gasteiger partial charge in [0.2, 0.25) is 0 Å². The van der Waals surface area contributed by atoms with Crippen molar-refractivity contribution in [3.63, 3.8) is 0 Å². The smallest absolute Gasteiger partial charge is 0.279 e. The highest BCUT2D eigenvalue weighted by Gasteiger charge is 2.12. The molecule has 1 rings (SSSR count). The summed E-state index contributed by atoms with van der Waals surface area (Å²) in [5.74, 6) is 0. The summed E-state index contributed by atoms with van der Waals surface area (Å²) in [6.45, 7) is 0.207. The Bertz CT molecular complexity index is 412. The molecule has 15 heavy (non-hydrogen) atoms. The number of nitrogens with zero attached hydrogens (tertiary/aromatic N) is 2. The molecular weight excluding hydrogens is 236 g/mol. The summed E-state index contributed by atoms with van der Waals surface area (Å²) in [4.78, 5) is 4.15. The number of rotatable bonds is 5. The van der Waals surface area contributed by atoms with Crippen LogP contribution in [0.25, 0.3) is 0 Å². The van der Waals surface area contributed by atoms with Gasteiger partial charge in [0.15, 0.2) is 5.13 Å². The van der Waals surface area contributed by atoms with E-state index in [1.54, 1.807) is 7.05 Å². The van der Waals surface area contributed by atoms with Gasteiger partial charge in [0.05, 0.1) is 12.2 Å². The molecule has 0 aliphatic carbocycles. The molecule has 0 amide bonds. The summed E-state index contributed by atoms with van der Waals surface area (Å²) in [7, 11) is 1.35. The van der Waals surface area contributed by atoms with Crippen LogP contribution in [0.1, 0.15) is 5.69 Å². The summed E-state index contributed by atoms with van der Waals surface area (Å²) < 4.78 is 26.3. The zero-order chi connectivity index (χ0) is 11.5. The molecule has 0 fully saturated rings. The molecule has 2 N–H and O–H groups in total. The lowest BCUT2D eigenvalue weighted by molar-refractivity contribution is 0.505. The lowest BCUT2D eigenvalue weighted by atomic mass is 10.5. The molecular formula is C7H14N4O2S2. The maximum atomic E-state index is 11.4. The van der Waals surface area contributed by atoms with Crippen LogP contribution in [0.5, 0.6) is 0 Å². The number of hydrogen-bond acceptors (Lipinski definition) is 5. The van der Waals surface area contributed by atoms with Crippen molar-refractivity contribution in [3.05, 3.63) is 11.1 Å². The van der Waals surface area contributed by atoms with E-state index in [9.17, 15) is 8.42 Å². The van der Waals surface area contributed by atoms with Gasteiger partial charge in [-0.1, -0.05) is 0 Å². The van der Waals surface area contributed by atoms with E-state index < -0.39 is 10.2 Å². The highest BCUT2D eigenvalue weighted by molar-refractivity contribution is 7.87. The van der Waals surface area contributed by atoms with Gasteiger partial charge in [-0.2, -0.15) is 17.4 Å². The summed E-state index contributed by atoms with van der Waals surface area (Å²) in [5, 5.41) is 5.47. The van der Waals surface area contributed by atoms with Crippen LogP contribution in [0, 0.1) is 0 Å². The Morgan fingerprint density at radius 3 is 2.67 bits per heavy atom. The minimum Gasteiger partial charge on any atom is -0.365 e. The molecule has 8 heteroatoms. The molecule has 0 aliphatic heterocycles. The predicted octanol–water partition coefficient (Wildman–Crippen LogP) is 0.0808. The van der Waals surface area contributed by atoms with E-state index in [-0.39, 0.29) is 6.54 Å². The van der Waals surface area contributed by atoms with Gasteiger partial charge in [0.25, 0.3) is 10.2 Å². The molecule has 0 unspecified atom stereocenters. The molecule has 0 saturated heterocycles. The molecule has 1 aromatic rings. The first-order valence-electron chi connectivity index (χ1n) is 4.25. The minimum atomic E-state index is -3.37. The zero-order valence-corrected chi connectivity index (χ0v) is 10.4. The summed E-state index contributed by atoms with van der Waals surface area (Å²) >= 11 is 1.44. The van der Waals surface area contributed by atoms with Gasteiger partial charge in [0, 0.05) is 26.5 Å². The van der Waals surface area contributed by atoms with E-state index >= 15 is 0 Å². The van der Waals surface area contributed by atoms with Crippen molar-refractivity contribution in [2.75, 3.05) is 26.5 Å². The van der Waals surface area contributed by atoms with Crippen LogP contribution in [-0.4, -0.2) is 38.9 Å². The molecule has 1 aromatic heterocycles. The Morgan fingerprint density at radius 1 is 1.53 bits per heavy atom. The number of hydrogen-bond donors (Lipinski definition) is 2. The third-order valence-electron chi connectivity index (χ3n) is 1.68. The lowest BCUT2D eigenvalue weighted by Gasteiger charge is -2.10. The summed E-state index contributed by atoms with van der Waals surface area (Å²) in [6.07, 6.45) is 0. The second-order valence-electron chi connectivity index (χ2n) is 3.00. The van der Waals surface area contributed by atoms with Crippen molar-refractivity contribution < 1.29 is 8.42 Å². The van der Waals surface area contributed by atoms with Crippen molar-refractivity contribution in [3.8, 4) is 0 Å². The number of anilines is 1. The maximum Gasteiger partial charge on any atom is 0.279 e. The van der Waals surface area contributed by atoms with Gasteiger partial charge in [-0.05, 0) is 0 Å².